The lowest BCUT2D eigenvalue weighted by atomic mass is 9.82. The summed E-state index contributed by atoms with van der Waals surface area (Å²) in [6.07, 6.45) is 4.67. The number of likely N-dealkylation sites (tertiary alicyclic amines) is 1. The first-order chi connectivity index (χ1) is 17.3. The van der Waals surface area contributed by atoms with Gasteiger partial charge >= 0.3 is 6.09 Å². The summed E-state index contributed by atoms with van der Waals surface area (Å²) in [5.74, 6) is 1.43. The van der Waals surface area contributed by atoms with Gasteiger partial charge in [-0.25, -0.2) is 4.79 Å². The summed E-state index contributed by atoms with van der Waals surface area (Å²) in [4.78, 5) is 26.9. The van der Waals surface area contributed by atoms with E-state index in [-0.39, 0.29) is 18.5 Å². The van der Waals surface area contributed by atoms with Crippen molar-refractivity contribution < 1.29 is 23.8 Å². The van der Waals surface area contributed by atoms with Crippen molar-refractivity contribution in [2.24, 2.45) is 0 Å². The molecule has 2 aliphatic rings. The monoisotopic (exact) mass is 493 g/mol. The second kappa shape index (κ2) is 11.9. The molecule has 4 rings (SSSR count). The van der Waals surface area contributed by atoms with Crippen molar-refractivity contribution in [1.82, 2.24) is 4.90 Å². The largest absolute Gasteiger partial charge is 0.489 e. The summed E-state index contributed by atoms with van der Waals surface area (Å²) in [7, 11) is 0. The molecule has 1 saturated carbocycles. The molecule has 0 bridgehead atoms. The summed E-state index contributed by atoms with van der Waals surface area (Å²) in [5.41, 5.74) is 1.81. The normalized spacial score (nSPS) is 22.8. The lowest BCUT2D eigenvalue weighted by Crippen LogP contribution is -2.53. The Morgan fingerprint density at radius 1 is 0.972 bits per heavy atom. The van der Waals surface area contributed by atoms with Gasteiger partial charge in [0.2, 0.25) is 0 Å². The van der Waals surface area contributed by atoms with Crippen LogP contribution in [0.25, 0.3) is 0 Å². The molecule has 1 heterocycles. The van der Waals surface area contributed by atoms with E-state index in [0.717, 1.165) is 37.0 Å². The molecule has 1 atom stereocenters. The average molecular weight is 494 g/mol. The topological polar surface area (TPSA) is 65.1 Å². The summed E-state index contributed by atoms with van der Waals surface area (Å²) < 4.78 is 18.0. The van der Waals surface area contributed by atoms with Crippen LogP contribution < -0.4 is 4.74 Å². The van der Waals surface area contributed by atoms with Gasteiger partial charge in [-0.05, 0) is 76.0 Å². The van der Waals surface area contributed by atoms with E-state index in [9.17, 15) is 9.59 Å². The Kier molecular flexibility index (Phi) is 8.68. The van der Waals surface area contributed by atoms with Crippen molar-refractivity contribution in [3.8, 4) is 5.75 Å². The number of Topliss-reactive ketones (excluding diaryl/α,β-unsaturated/α-hetero) is 1. The highest BCUT2D eigenvalue weighted by Crippen LogP contribution is 2.38. The van der Waals surface area contributed by atoms with Crippen LogP contribution in [-0.4, -0.2) is 47.7 Å². The molecule has 36 heavy (non-hydrogen) atoms. The Labute approximate surface area is 214 Å². The molecule has 1 aliphatic heterocycles. The highest BCUT2D eigenvalue weighted by Gasteiger charge is 2.36. The fourth-order valence-electron chi connectivity index (χ4n) is 5.09. The number of hydrogen-bond donors (Lipinski definition) is 0. The van der Waals surface area contributed by atoms with E-state index in [1.807, 2.05) is 45.0 Å². The number of para-hydroxylation sites is 1. The zero-order valence-electron chi connectivity index (χ0n) is 21.8. The number of nitrogens with zero attached hydrogens (tertiary/aromatic N) is 1. The maximum absolute atomic E-state index is 12.7. The first-order valence-corrected chi connectivity index (χ1v) is 13.2. The maximum Gasteiger partial charge on any atom is 0.410 e. The van der Waals surface area contributed by atoms with E-state index in [0.29, 0.717) is 31.9 Å². The van der Waals surface area contributed by atoms with Crippen LogP contribution in [-0.2, 0) is 20.9 Å². The van der Waals surface area contributed by atoms with Crippen molar-refractivity contribution in [2.75, 3.05) is 13.2 Å². The van der Waals surface area contributed by atoms with E-state index < -0.39 is 17.7 Å². The number of rotatable bonds is 7. The Hall–Kier alpha value is -2.86. The highest BCUT2D eigenvalue weighted by molar-refractivity contribution is 5.88. The van der Waals surface area contributed by atoms with Crippen molar-refractivity contribution in [3.63, 3.8) is 0 Å². The Balaban J connectivity index is 1.30. The van der Waals surface area contributed by atoms with E-state index in [1.165, 1.54) is 5.56 Å². The molecular formula is C30H39NO5. The van der Waals surface area contributed by atoms with E-state index >= 15 is 0 Å². The third kappa shape index (κ3) is 7.10. The minimum atomic E-state index is -0.595. The molecular weight excluding hydrogens is 454 g/mol. The van der Waals surface area contributed by atoms with Gasteiger partial charge in [0.1, 0.15) is 24.0 Å². The quantitative estimate of drug-likeness (QED) is 0.454. The second-order valence-electron chi connectivity index (χ2n) is 10.9. The number of carbonyl (C=O) groups excluding carboxylic acids is 2. The van der Waals surface area contributed by atoms with E-state index in [4.69, 9.17) is 14.2 Å². The molecule has 0 spiro atoms. The summed E-state index contributed by atoms with van der Waals surface area (Å²) in [6.45, 7) is 6.84. The van der Waals surface area contributed by atoms with Crippen LogP contribution in [0.15, 0.2) is 54.6 Å². The average Bonchev–Trinajstić information content (AvgIpc) is 2.87. The van der Waals surface area contributed by atoms with Gasteiger partial charge in [-0.15, -0.1) is 0 Å². The predicted octanol–water partition coefficient (Wildman–Crippen LogP) is 6.28. The van der Waals surface area contributed by atoms with Gasteiger partial charge in [-0.2, -0.15) is 0 Å². The van der Waals surface area contributed by atoms with E-state index in [2.05, 4.69) is 30.3 Å². The molecule has 1 amide bonds. The molecule has 194 valence electrons. The Bertz CT molecular complexity index is 1010. The molecule has 2 fully saturated rings. The van der Waals surface area contributed by atoms with Crippen LogP contribution in [0, 0.1) is 0 Å². The number of ether oxygens (including phenoxy) is 3. The lowest BCUT2D eigenvalue weighted by molar-refractivity contribution is -0.131. The van der Waals surface area contributed by atoms with Crippen molar-refractivity contribution in [3.05, 3.63) is 65.7 Å². The molecule has 0 N–H and O–H groups in total. The van der Waals surface area contributed by atoms with Crippen LogP contribution >= 0.6 is 0 Å². The van der Waals surface area contributed by atoms with Crippen LogP contribution in [0.3, 0.4) is 0 Å². The fraction of sp³-hybridized carbons (Fsp3) is 0.533. The standard InChI is InChI=1S/C30H39NO5/c1-30(2,3)36-29(33)31-19-9-13-27(32)26(31)21-34-24-17-15-23(16-18-24)25-12-7-8-14-28(25)35-20-22-10-5-4-6-11-22/h4-8,10-12,14,23-24,26H,9,13,15-21H2,1-3H3. The van der Waals surface area contributed by atoms with Gasteiger partial charge in [0.25, 0.3) is 0 Å². The van der Waals surface area contributed by atoms with Crippen LogP contribution in [0.2, 0.25) is 0 Å². The first-order valence-electron chi connectivity index (χ1n) is 13.2. The van der Waals surface area contributed by atoms with Crippen molar-refractivity contribution in [2.45, 2.75) is 89.6 Å². The molecule has 0 aromatic heterocycles. The van der Waals surface area contributed by atoms with Gasteiger partial charge in [0, 0.05) is 13.0 Å². The van der Waals surface area contributed by atoms with Crippen molar-refractivity contribution in [1.29, 1.82) is 0 Å². The molecule has 1 saturated heterocycles. The molecule has 2 aromatic rings. The number of hydrogen-bond acceptors (Lipinski definition) is 5. The second-order valence-corrected chi connectivity index (χ2v) is 10.9. The first kappa shape index (κ1) is 26.2. The molecule has 2 aromatic carbocycles. The molecule has 1 unspecified atom stereocenters. The number of piperidine rings is 1. The number of benzene rings is 2. The minimum Gasteiger partial charge on any atom is -0.489 e. The summed E-state index contributed by atoms with van der Waals surface area (Å²) in [5, 5.41) is 0. The summed E-state index contributed by atoms with van der Waals surface area (Å²) in [6, 6.07) is 18.0. The van der Waals surface area contributed by atoms with Crippen molar-refractivity contribution >= 4 is 11.9 Å². The number of ketones is 1. The van der Waals surface area contributed by atoms with Crippen LogP contribution in [0.1, 0.15) is 76.3 Å². The fourth-order valence-corrected chi connectivity index (χ4v) is 5.09. The molecule has 6 heteroatoms. The summed E-state index contributed by atoms with van der Waals surface area (Å²) >= 11 is 0. The smallest absolute Gasteiger partial charge is 0.410 e. The SMILES string of the molecule is CC(C)(C)OC(=O)N1CCCC(=O)C1COC1CCC(c2ccccc2OCc2ccccc2)CC1. The van der Waals surface area contributed by atoms with Crippen LogP contribution in [0.5, 0.6) is 5.75 Å². The van der Waals surface area contributed by atoms with Gasteiger partial charge in [-0.3, -0.25) is 9.69 Å². The third-order valence-corrected chi connectivity index (χ3v) is 6.96. The van der Waals surface area contributed by atoms with Gasteiger partial charge in [0.05, 0.1) is 12.7 Å². The predicted molar refractivity (Wildman–Crippen MR) is 139 cm³/mol. The molecule has 0 radical (unpaired) electrons. The number of carbonyl (C=O) groups is 2. The lowest BCUT2D eigenvalue weighted by Gasteiger charge is -2.37. The zero-order chi connectivity index (χ0) is 25.5. The van der Waals surface area contributed by atoms with Gasteiger partial charge in [-0.1, -0.05) is 48.5 Å². The van der Waals surface area contributed by atoms with Gasteiger partial charge in [0.15, 0.2) is 5.78 Å². The minimum absolute atomic E-state index is 0.0605. The molecule has 1 aliphatic carbocycles. The third-order valence-electron chi connectivity index (χ3n) is 6.96. The van der Waals surface area contributed by atoms with E-state index in [1.54, 1.807) is 4.90 Å². The van der Waals surface area contributed by atoms with Crippen LogP contribution in [0.4, 0.5) is 4.79 Å². The number of amides is 1. The van der Waals surface area contributed by atoms with Gasteiger partial charge < -0.3 is 14.2 Å². The highest BCUT2D eigenvalue weighted by atomic mass is 16.6. The Morgan fingerprint density at radius 2 is 1.67 bits per heavy atom. The zero-order valence-corrected chi connectivity index (χ0v) is 21.8. The maximum atomic E-state index is 12.7. The molecule has 6 nitrogen and oxygen atoms in total. The Morgan fingerprint density at radius 3 is 2.39 bits per heavy atom.